The highest BCUT2D eigenvalue weighted by molar-refractivity contribution is 7.99. The number of anilines is 1. The maximum atomic E-state index is 12.2. The molecule has 2 heterocycles. The van der Waals surface area contributed by atoms with Crippen LogP contribution in [0.15, 0.2) is 59.1 Å². The van der Waals surface area contributed by atoms with E-state index in [-0.39, 0.29) is 17.0 Å². The number of carbonyl (C=O) groups is 1. The van der Waals surface area contributed by atoms with Gasteiger partial charge in [-0.2, -0.15) is 0 Å². The second-order valence-electron chi connectivity index (χ2n) is 8.32. The van der Waals surface area contributed by atoms with E-state index in [2.05, 4.69) is 27.4 Å². The predicted octanol–water partition coefficient (Wildman–Crippen LogP) is 5.50. The third-order valence-corrected chi connectivity index (χ3v) is 6.99. The summed E-state index contributed by atoms with van der Waals surface area (Å²) in [7, 11) is 0. The van der Waals surface area contributed by atoms with Crippen molar-refractivity contribution in [3.05, 3.63) is 66.2 Å². The van der Waals surface area contributed by atoms with Gasteiger partial charge >= 0.3 is 6.03 Å². The van der Waals surface area contributed by atoms with E-state index in [9.17, 15) is 9.90 Å². The molecule has 3 aromatic rings. The van der Waals surface area contributed by atoms with Crippen LogP contribution in [0.1, 0.15) is 42.9 Å². The van der Waals surface area contributed by atoms with Crippen LogP contribution in [-0.2, 0) is 0 Å². The standard InChI is InChI=1S/C26H32N4O3S/c1-2-34-24(21-8-3-4-9-22(21)31)25-28-18-23(33-25)19-10-12-20(13-11-19)29-26(32)27-14-7-17-30-15-5-6-16-30/h3-4,8-13,18,24,31H,2,5-7,14-17H2,1H3,(H2,27,29,32). The molecular weight excluding hydrogens is 448 g/mol. The van der Waals surface area contributed by atoms with Crippen LogP contribution in [-0.4, -0.2) is 53.0 Å². The number of carbonyl (C=O) groups excluding carboxylic acids is 1. The molecule has 1 atom stereocenters. The molecule has 8 heteroatoms. The second-order valence-corrected chi connectivity index (χ2v) is 9.70. The van der Waals surface area contributed by atoms with E-state index in [1.807, 2.05) is 36.4 Å². The lowest BCUT2D eigenvalue weighted by molar-refractivity contribution is 0.251. The van der Waals surface area contributed by atoms with Crippen molar-refractivity contribution in [1.29, 1.82) is 0 Å². The Kier molecular flexibility index (Phi) is 8.49. The molecule has 1 aliphatic rings. The Morgan fingerprint density at radius 2 is 1.94 bits per heavy atom. The molecule has 7 nitrogen and oxygen atoms in total. The van der Waals surface area contributed by atoms with Crippen LogP contribution in [0.5, 0.6) is 5.75 Å². The number of hydrogen-bond donors (Lipinski definition) is 3. The molecule has 1 fully saturated rings. The normalized spacial score (nSPS) is 14.7. The molecule has 2 amide bonds. The van der Waals surface area contributed by atoms with E-state index in [4.69, 9.17) is 4.42 Å². The van der Waals surface area contributed by atoms with E-state index in [0.717, 1.165) is 29.8 Å². The number of phenolic OH excluding ortho intramolecular Hbond substituents is 1. The van der Waals surface area contributed by atoms with Gasteiger partial charge in [0.15, 0.2) is 5.76 Å². The summed E-state index contributed by atoms with van der Waals surface area (Å²) in [6, 6.07) is 14.6. The average molecular weight is 481 g/mol. The lowest BCUT2D eigenvalue weighted by atomic mass is 10.1. The number of benzene rings is 2. The van der Waals surface area contributed by atoms with Crippen molar-refractivity contribution < 1.29 is 14.3 Å². The van der Waals surface area contributed by atoms with Crippen LogP contribution in [0, 0.1) is 0 Å². The van der Waals surface area contributed by atoms with E-state index in [0.29, 0.717) is 23.9 Å². The van der Waals surface area contributed by atoms with Gasteiger partial charge in [0.1, 0.15) is 11.0 Å². The molecule has 4 rings (SSSR count). The highest BCUT2D eigenvalue weighted by Gasteiger charge is 2.23. The first kappa shape index (κ1) is 24.2. The number of nitrogens with one attached hydrogen (secondary N) is 2. The molecular formula is C26H32N4O3S. The third kappa shape index (κ3) is 6.33. The number of hydrogen-bond acceptors (Lipinski definition) is 6. The Hall–Kier alpha value is -2.97. The highest BCUT2D eigenvalue weighted by Crippen LogP contribution is 2.40. The summed E-state index contributed by atoms with van der Waals surface area (Å²) >= 11 is 1.66. The minimum absolute atomic E-state index is 0.185. The number of para-hydroxylation sites is 1. The molecule has 1 saturated heterocycles. The van der Waals surface area contributed by atoms with Crippen molar-refractivity contribution in [3.8, 4) is 17.1 Å². The second kappa shape index (κ2) is 11.9. The zero-order valence-electron chi connectivity index (χ0n) is 19.5. The summed E-state index contributed by atoms with van der Waals surface area (Å²) in [5.41, 5.74) is 2.37. The highest BCUT2D eigenvalue weighted by atomic mass is 32.2. The number of rotatable bonds is 10. The SMILES string of the molecule is CCSC(c1ncc(-c2ccc(NC(=O)NCCCN3CCCC3)cc2)o1)c1ccccc1O. The molecule has 34 heavy (non-hydrogen) atoms. The first-order valence-corrected chi connectivity index (χ1v) is 12.9. The van der Waals surface area contributed by atoms with Gasteiger partial charge in [-0.25, -0.2) is 9.78 Å². The van der Waals surface area contributed by atoms with E-state index >= 15 is 0 Å². The number of oxazole rings is 1. The van der Waals surface area contributed by atoms with Gasteiger partial charge in [-0.3, -0.25) is 0 Å². The molecule has 0 radical (unpaired) electrons. The van der Waals surface area contributed by atoms with Crippen molar-refractivity contribution in [2.45, 2.75) is 31.4 Å². The zero-order valence-corrected chi connectivity index (χ0v) is 20.3. The lowest BCUT2D eigenvalue weighted by Gasteiger charge is -2.14. The van der Waals surface area contributed by atoms with Crippen molar-refractivity contribution in [3.63, 3.8) is 0 Å². The zero-order chi connectivity index (χ0) is 23.8. The van der Waals surface area contributed by atoms with Gasteiger partial charge in [-0.15, -0.1) is 11.8 Å². The molecule has 0 bridgehead atoms. The van der Waals surface area contributed by atoms with Gasteiger partial charge in [0.25, 0.3) is 0 Å². The number of thioether (sulfide) groups is 1. The first-order valence-electron chi connectivity index (χ1n) is 11.9. The summed E-state index contributed by atoms with van der Waals surface area (Å²) in [5.74, 6) is 2.29. The number of aromatic nitrogens is 1. The molecule has 0 aliphatic carbocycles. The number of phenols is 1. The number of urea groups is 1. The monoisotopic (exact) mass is 480 g/mol. The van der Waals surface area contributed by atoms with Crippen LogP contribution >= 0.6 is 11.8 Å². The molecule has 1 unspecified atom stereocenters. The van der Waals surface area contributed by atoms with Gasteiger partial charge in [-0.1, -0.05) is 25.1 Å². The van der Waals surface area contributed by atoms with E-state index in [1.54, 1.807) is 30.1 Å². The molecule has 1 aromatic heterocycles. The summed E-state index contributed by atoms with van der Waals surface area (Å²) in [4.78, 5) is 19.1. The van der Waals surface area contributed by atoms with Gasteiger partial charge < -0.3 is 25.1 Å². The molecule has 1 aliphatic heterocycles. The minimum Gasteiger partial charge on any atom is -0.508 e. The van der Waals surface area contributed by atoms with Crippen LogP contribution in [0.3, 0.4) is 0 Å². The number of amides is 2. The number of likely N-dealkylation sites (tertiary alicyclic amines) is 1. The van der Waals surface area contributed by atoms with Crippen molar-refractivity contribution in [2.24, 2.45) is 0 Å². The summed E-state index contributed by atoms with van der Waals surface area (Å²) in [5, 5.41) is 15.9. The number of nitrogens with zero attached hydrogens (tertiary/aromatic N) is 2. The van der Waals surface area contributed by atoms with Crippen molar-refractivity contribution in [1.82, 2.24) is 15.2 Å². The fourth-order valence-electron chi connectivity index (χ4n) is 4.12. The number of aromatic hydroxyl groups is 1. The maximum absolute atomic E-state index is 12.2. The fraction of sp³-hybridized carbons (Fsp3) is 0.385. The molecule has 2 aromatic carbocycles. The summed E-state index contributed by atoms with van der Waals surface area (Å²) in [6.45, 7) is 6.12. The Morgan fingerprint density at radius 3 is 2.68 bits per heavy atom. The fourth-order valence-corrected chi connectivity index (χ4v) is 5.08. The molecule has 3 N–H and O–H groups in total. The van der Waals surface area contributed by atoms with E-state index < -0.39 is 0 Å². The van der Waals surface area contributed by atoms with Crippen molar-refractivity contribution >= 4 is 23.5 Å². The summed E-state index contributed by atoms with van der Waals surface area (Å²) < 4.78 is 6.08. The smallest absolute Gasteiger partial charge is 0.319 e. The molecule has 0 spiro atoms. The van der Waals surface area contributed by atoms with Gasteiger partial charge in [0.2, 0.25) is 5.89 Å². The molecule has 0 saturated carbocycles. The van der Waals surface area contributed by atoms with Gasteiger partial charge in [0.05, 0.1) is 6.20 Å². The van der Waals surface area contributed by atoms with E-state index in [1.165, 1.54) is 25.9 Å². The first-order chi connectivity index (χ1) is 16.6. The lowest BCUT2D eigenvalue weighted by Crippen LogP contribution is -2.31. The predicted molar refractivity (Wildman–Crippen MR) is 137 cm³/mol. The Bertz CT molecular complexity index is 1060. The van der Waals surface area contributed by atoms with Crippen LogP contribution in [0.25, 0.3) is 11.3 Å². The van der Waals surface area contributed by atoms with Gasteiger partial charge in [-0.05, 0) is 75.0 Å². The average Bonchev–Trinajstić information content (AvgIpc) is 3.54. The Morgan fingerprint density at radius 1 is 1.18 bits per heavy atom. The quantitative estimate of drug-likeness (QED) is 0.332. The molecule has 180 valence electrons. The Labute approximate surface area is 205 Å². The summed E-state index contributed by atoms with van der Waals surface area (Å²) in [6.07, 6.45) is 5.23. The van der Waals surface area contributed by atoms with Crippen molar-refractivity contribution in [2.75, 3.05) is 37.2 Å². The van der Waals surface area contributed by atoms with Crippen LogP contribution in [0.2, 0.25) is 0 Å². The third-order valence-electron chi connectivity index (χ3n) is 5.86. The Balaban J connectivity index is 1.33. The largest absolute Gasteiger partial charge is 0.508 e. The minimum atomic E-state index is -0.196. The van der Waals surface area contributed by atoms with Crippen LogP contribution < -0.4 is 10.6 Å². The van der Waals surface area contributed by atoms with Crippen LogP contribution in [0.4, 0.5) is 10.5 Å². The maximum Gasteiger partial charge on any atom is 0.319 e. The topological polar surface area (TPSA) is 90.6 Å². The van der Waals surface area contributed by atoms with Gasteiger partial charge in [0, 0.05) is 23.4 Å².